The van der Waals surface area contributed by atoms with Crippen LogP contribution in [0.4, 0.5) is 0 Å². The fourth-order valence-electron chi connectivity index (χ4n) is 1.50. The summed E-state index contributed by atoms with van der Waals surface area (Å²) in [5.41, 5.74) is 0. The Morgan fingerprint density at radius 2 is 1.94 bits per heavy atom. The molecule has 0 amide bonds. The fourth-order valence-corrected chi connectivity index (χ4v) is 2.33. The second kappa shape index (κ2) is 7.22. The van der Waals surface area contributed by atoms with Crippen LogP contribution >= 0.6 is 11.3 Å². The van der Waals surface area contributed by atoms with E-state index in [1.165, 1.54) is 11.3 Å². The zero-order chi connectivity index (χ0) is 12.7. The van der Waals surface area contributed by atoms with Crippen LogP contribution in [0.2, 0.25) is 0 Å². The van der Waals surface area contributed by atoms with Gasteiger partial charge < -0.3 is 4.74 Å². The van der Waals surface area contributed by atoms with Crippen molar-refractivity contribution in [1.29, 1.82) is 0 Å². The standard InChI is InChI=1S/C13H18O3S/c1-3-16-13(15)7-5-4-6-11(14)12-9-8-10(2)17-12/h8-9H,3-7H2,1-2H3. The lowest BCUT2D eigenvalue weighted by molar-refractivity contribution is -0.143. The molecular weight excluding hydrogens is 236 g/mol. The van der Waals surface area contributed by atoms with Crippen LogP contribution in [0.25, 0.3) is 0 Å². The van der Waals surface area contributed by atoms with Gasteiger partial charge in [-0.05, 0) is 38.8 Å². The van der Waals surface area contributed by atoms with E-state index < -0.39 is 0 Å². The molecule has 0 N–H and O–H groups in total. The molecule has 0 aromatic carbocycles. The molecule has 3 nitrogen and oxygen atoms in total. The molecule has 0 fully saturated rings. The first-order valence-electron chi connectivity index (χ1n) is 5.88. The van der Waals surface area contributed by atoms with E-state index in [2.05, 4.69) is 0 Å². The molecule has 0 atom stereocenters. The summed E-state index contributed by atoms with van der Waals surface area (Å²) >= 11 is 1.53. The molecule has 0 saturated carbocycles. The van der Waals surface area contributed by atoms with Gasteiger partial charge in [-0.3, -0.25) is 9.59 Å². The number of carbonyl (C=O) groups is 2. The molecule has 1 heterocycles. The number of esters is 1. The number of thiophene rings is 1. The zero-order valence-corrected chi connectivity index (χ0v) is 11.1. The van der Waals surface area contributed by atoms with E-state index in [0.29, 0.717) is 19.4 Å². The maximum absolute atomic E-state index is 11.7. The predicted molar refractivity (Wildman–Crippen MR) is 68.5 cm³/mol. The van der Waals surface area contributed by atoms with Gasteiger partial charge in [0.15, 0.2) is 5.78 Å². The van der Waals surface area contributed by atoms with E-state index in [1.54, 1.807) is 6.92 Å². The molecule has 0 aliphatic rings. The average molecular weight is 254 g/mol. The van der Waals surface area contributed by atoms with Crippen molar-refractivity contribution in [3.63, 3.8) is 0 Å². The Balaban J connectivity index is 2.19. The maximum Gasteiger partial charge on any atom is 0.305 e. The molecule has 1 aromatic rings. The van der Waals surface area contributed by atoms with Crippen LogP contribution < -0.4 is 0 Å². The lowest BCUT2D eigenvalue weighted by Gasteiger charge is -2.01. The van der Waals surface area contributed by atoms with Gasteiger partial charge in [-0.2, -0.15) is 0 Å². The third-order valence-electron chi connectivity index (χ3n) is 2.36. The Morgan fingerprint density at radius 3 is 2.53 bits per heavy atom. The topological polar surface area (TPSA) is 43.4 Å². The molecule has 0 spiro atoms. The summed E-state index contributed by atoms with van der Waals surface area (Å²) in [6.07, 6.45) is 2.38. The van der Waals surface area contributed by atoms with Gasteiger partial charge in [0.2, 0.25) is 0 Å². The number of ketones is 1. The quantitative estimate of drug-likeness (QED) is 0.425. The first kappa shape index (κ1) is 13.9. The number of ether oxygens (including phenoxy) is 1. The van der Waals surface area contributed by atoms with E-state index in [9.17, 15) is 9.59 Å². The second-order valence-corrected chi connectivity index (χ2v) is 5.13. The average Bonchev–Trinajstić information content (AvgIpc) is 2.71. The number of hydrogen-bond donors (Lipinski definition) is 0. The van der Waals surface area contributed by atoms with Crippen LogP contribution in [0.1, 0.15) is 47.2 Å². The predicted octanol–water partition coefficient (Wildman–Crippen LogP) is 3.36. The Kier molecular flexibility index (Phi) is 5.91. The zero-order valence-electron chi connectivity index (χ0n) is 10.3. The summed E-state index contributed by atoms with van der Waals surface area (Å²) in [6.45, 7) is 4.20. The molecule has 0 aliphatic heterocycles. The molecule has 1 aromatic heterocycles. The molecule has 0 aliphatic carbocycles. The molecule has 4 heteroatoms. The monoisotopic (exact) mass is 254 g/mol. The summed E-state index contributed by atoms with van der Waals surface area (Å²) in [5, 5.41) is 0. The summed E-state index contributed by atoms with van der Waals surface area (Å²) in [5.74, 6) is -0.00104. The highest BCUT2D eigenvalue weighted by Crippen LogP contribution is 2.18. The van der Waals surface area contributed by atoms with Gasteiger partial charge >= 0.3 is 5.97 Å². The molecule has 0 radical (unpaired) electrons. The number of carbonyl (C=O) groups excluding carboxylic acids is 2. The SMILES string of the molecule is CCOC(=O)CCCCC(=O)c1ccc(C)s1. The minimum absolute atomic E-state index is 0.173. The normalized spacial score (nSPS) is 10.2. The first-order valence-corrected chi connectivity index (χ1v) is 6.70. The highest BCUT2D eigenvalue weighted by atomic mass is 32.1. The van der Waals surface area contributed by atoms with Crippen molar-refractivity contribution in [2.45, 2.75) is 39.5 Å². The van der Waals surface area contributed by atoms with E-state index >= 15 is 0 Å². The second-order valence-electron chi connectivity index (χ2n) is 3.85. The molecule has 0 unspecified atom stereocenters. The van der Waals surface area contributed by atoms with Gasteiger partial charge in [-0.1, -0.05) is 0 Å². The summed E-state index contributed by atoms with van der Waals surface area (Å²) < 4.78 is 4.82. The molecule has 94 valence electrons. The number of unbranched alkanes of at least 4 members (excludes halogenated alkanes) is 1. The van der Waals surface area contributed by atoms with Crippen LogP contribution in [0.15, 0.2) is 12.1 Å². The molecule has 0 bridgehead atoms. The van der Waals surface area contributed by atoms with Crippen molar-refractivity contribution in [3.05, 3.63) is 21.9 Å². The van der Waals surface area contributed by atoms with Gasteiger partial charge in [-0.25, -0.2) is 0 Å². The summed E-state index contributed by atoms with van der Waals surface area (Å²) in [6, 6.07) is 3.82. The number of rotatable bonds is 7. The summed E-state index contributed by atoms with van der Waals surface area (Å²) in [4.78, 5) is 24.7. The molecule has 17 heavy (non-hydrogen) atoms. The van der Waals surface area contributed by atoms with Gasteiger partial charge in [-0.15, -0.1) is 11.3 Å². The lowest BCUT2D eigenvalue weighted by atomic mass is 10.1. The highest BCUT2D eigenvalue weighted by Gasteiger charge is 2.08. The number of aryl methyl sites for hydroxylation is 1. The van der Waals surface area contributed by atoms with Crippen molar-refractivity contribution in [2.75, 3.05) is 6.61 Å². The van der Waals surface area contributed by atoms with Gasteiger partial charge in [0.1, 0.15) is 0 Å². The lowest BCUT2D eigenvalue weighted by Crippen LogP contribution is -2.04. The fraction of sp³-hybridized carbons (Fsp3) is 0.538. The summed E-state index contributed by atoms with van der Waals surface area (Å²) in [7, 11) is 0. The number of Topliss-reactive ketones (excluding diaryl/α,β-unsaturated/α-hetero) is 1. The third kappa shape index (κ3) is 5.13. The van der Waals surface area contributed by atoms with Crippen LogP contribution in [-0.4, -0.2) is 18.4 Å². The minimum atomic E-state index is -0.174. The van der Waals surface area contributed by atoms with Crippen molar-refractivity contribution in [3.8, 4) is 0 Å². The van der Waals surface area contributed by atoms with Crippen LogP contribution in [0, 0.1) is 6.92 Å². The molecule has 1 rings (SSSR count). The third-order valence-corrected chi connectivity index (χ3v) is 3.40. The van der Waals surface area contributed by atoms with Gasteiger partial charge in [0, 0.05) is 17.7 Å². The molecular formula is C13H18O3S. The van der Waals surface area contributed by atoms with E-state index in [0.717, 1.165) is 22.6 Å². The first-order chi connectivity index (χ1) is 8.13. The maximum atomic E-state index is 11.7. The van der Waals surface area contributed by atoms with Crippen molar-refractivity contribution >= 4 is 23.1 Å². The highest BCUT2D eigenvalue weighted by molar-refractivity contribution is 7.14. The van der Waals surface area contributed by atoms with Crippen LogP contribution in [-0.2, 0) is 9.53 Å². The minimum Gasteiger partial charge on any atom is -0.466 e. The van der Waals surface area contributed by atoms with Crippen LogP contribution in [0.3, 0.4) is 0 Å². The van der Waals surface area contributed by atoms with E-state index in [1.807, 2.05) is 19.1 Å². The largest absolute Gasteiger partial charge is 0.466 e. The van der Waals surface area contributed by atoms with Crippen molar-refractivity contribution < 1.29 is 14.3 Å². The Labute approximate surface area is 106 Å². The van der Waals surface area contributed by atoms with Gasteiger partial charge in [0.05, 0.1) is 11.5 Å². The van der Waals surface area contributed by atoms with Gasteiger partial charge in [0.25, 0.3) is 0 Å². The Hall–Kier alpha value is -1.16. The smallest absolute Gasteiger partial charge is 0.305 e. The van der Waals surface area contributed by atoms with Crippen molar-refractivity contribution in [2.24, 2.45) is 0 Å². The number of hydrogen-bond acceptors (Lipinski definition) is 4. The molecule has 0 saturated heterocycles. The van der Waals surface area contributed by atoms with Crippen molar-refractivity contribution in [1.82, 2.24) is 0 Å². The van der Waals surface area contributed by atoms with E-state index in [-0.39, 0.29) is 11.8 Å². The van der Waals surface area contributed by atoms with E-state index in [4.69, 9.17) is 4.74 Å². The Bertz CT molecular complexity index is 382. The van der Waals surface area contributed by atoms with Crippen LogP contribution in [0.5, 0.6) is 0 Å². The Morgan fingerprint density at radius 1 is 1.24 bits per heavy atom.